The highest BCUT2D eigenvalue weighted by molar-refractivity contribution is 5.92. The first-order valence-electron chi connectivity index (χ1n) is 2.37. The molecule has 0 atom stereocenters. The van der Waals surface area contributed by atoms with Crippen molar-refractivity contribution in [2.45, 2.75) is 6.92 Å². The predicted octanol–water partition coefficient (Wildman–Crippen LogP) is 1.29. The van der Waals surface area contributed by atoms with E-state index in [0.717, 1.165) is 5.71 Å². The first-order valence-corrected chi connectivity index (χ1v) is 2.37. The molecule has 0 aliphatic rings. The Labute approximate surface area is 49.7 Å². The maximum Gasteiger partial charge on any atom is 0.0329 e. The molecule has 0 spiro atoms. The molecule has 0 bridgehead atoms. The zero-order chi connectivity index (χ0) is 6.41. The highest BCUT2D eigenvalue weighted by atomic mass is 14.7. The zero-order valence-corrected chi connectivity index (χ0v) is 5.26. The maximum absolute atomic E-state index is 3.87. The average molecular weight is 110 g/mol. The molecule has 0 aromatic carbocycles. The first kappa shape index (κ1) is 7.08. The highest BCUT2D eigenvalue weighted by Gasteiger charge is 1.73. The third-order valence-corrected chi connectivity index (χ3v) is 0.774. The topological polar surface area (TPSA) is 24.7 Å². The van der Waals surface area contributed by atoms with Crippen LogP contribution in [0.2, 0.25) is 0 Å². The molecule has 0 fully saturated rings. The van der Waals surface area contributed by atoms with Crippen molar-refractivity contribution in [2.24, 2.45) is 9.98 Å². The maximum atomic E-state index is 3.87. The number of nitrogens with zero attached hydrogens (tertiary/aromatic N) is 2. The molecule has 2 nitrogen and oxygen atoms in total. The van der Waals surface area contributed by atoms with Gasteiger partial charge in [0, 0.05) is 19.0 Å². The lowest BCUT2D eigenvalue weighted by Crippen LogP contribution is -1.80. The van der Waals surface area contributed by atoms with Gasteiger partial charge in [-0.1, -0.05) is 0 Å². The lowest BCUT2D eigenvalue weighted by Gasteiger charge is -1.81. The summed E-state index contributed by atoms with van der Waals surface area (Å²) in [6.07, 6.45) is 3.41. The summed E-state index contributed by atoms with van der Waals surface area (Å²) in [6.45, 7) is 5.18. The van der Waals surface area contributed by atoms with Crippen molar-refractivity contribution in [3.05, 3.63) is 12.3 Å². The van der Waals surface area contributed by atoms with Crippen molar-refractivity contribution < 1.29 is 0 Å². The first-order chi connectivity index (χ1) is 3.81. The number of hydrogen-bond donors (Lipinski definition) is 0. The molecule has 0 saturated carbocycles. The Bertz CT molecular complexity index is 122. The Morgan fingerprint density at radius 2 is 2.25 bits per heavy atom. The molecular formula is C6H10N2. The van der Waals surface area contributed by atoms with Gasteiger partial charge >= 0.3 is 0 Å². The molecular weight excluding hydrogens is 100 g/mol. The fourth-order valence-electron chi connectivity index (χ4n) is 0.235. The summed E-state index contributed by atoms with van der Waals surface area (Å²) in [6, 6.07) is 0. The monoisotopic (exact) mass is 110 g/mol. The summed E-state index contributed by atoms with van der Waals surface area (Å²) >= 11 is 0. The molecule has 2 heteroatoms. The summed E-state index contributed by atoms with van der Waals surface area (Å²) in [5.74, 6) is 0. The molecule has 0 amide bonds. The Morgan fingerprint density at radius 3 is 2.62 bits per heavy atom. The van der Waals surface area contributed by atoms with Gasteiger partial charge in [0.15, 0.2) is 0 Å². The second-order valence-electron chi connectivity index (χ2n) is 1.36. The fraction of sp³-hybridized carbons (Fsp3) is 0.333. The lowest BCUT2D eigenvalue weighted by atomic mass is 10.4. The van der Waals surface area contributed by atoms with E-state index < -0.39 is 0 Å². The molecule has 0 rings (SSSR count). The van der Waals surface area contributed by atoms with Crippen molar-refractivity contribution in [1.29, 1.82) is 0 Å². The van der Waals surface area contributed by atoms with Gasteiger partial charge in [0.2, 0.25) is 0 Å². The second kappa shape index (κ2) is 4.24. The molecule has 0 heterocycles. The number of allylic oxidation sites excluding steroid dienone is 1. The van der Waals surface area contributed by atoms with E-state index in [1.54, 1.807) is 19.3 Å². The van der Waals surface area contributed by atoms with E-state index in [9.17, 15) is 0 Å². The van der Waals surface area contributed by atoms with Crippen LogP contribution < -0.4 is 0 Å². The molecule has 8 heavy (non-hydrogen) atoms. The predicted molar refractivity (Wildman–Crippen MR) is 37.7 cm³/mol. The van der Waals surface area contributed by atoms with E-state index in [1.165, 1.54) is 0 Å². The lowest BCUT2D eigenvalue weighted by molar-refractivity contribution is 1.43. The fourth-order valence-corrected chi connectivity index (χ4v) is 0.235. The third kappa shape index (κ3) is 3.28. The standard InChI is InChI=1S/C6H10N2/c1-6(8-3)4-5-7-2/h4-5H,2H2,1,3H3. The summed E-state index contributed by atoms with van der Waals surface area (Å²) < 4.78 is 0. The van der Waals surface area contributed by atoms with Crippen molar-refractivity contribution in [3.8, 4) is 0 Å². The third-order valence-electron chi connectivity index (χ3n) is 0.774. The molecule has 0 aromatic heterocycles. The molecule has 0 aliphatic carbocycles. The average Bonchev–Trinajstić information content (AvgIpc) is 1.83. The van der Waals surface area contributed by atoms with Gasteiger partial charge in [-0.25, -0.2) is 0 Å². The summed E-state index contributed by atoms with van der Waals surface area (Å²) in [7, 11) is 1.74. The Hall–Kier alpha value is -0.920. The number of rotatable bonds is 2. The van der Waals surface area contributed by atoms with E-state index in [2.05, 4.69) is 16.7 Å². The van der Waals surface area contributed by atoms with Gasteiger partial charge in [0.05, 0.1) is 0 Å². The second-order valence-corrected chi connectivity index (χ2v) is 1.36. The van der Waals surface area contributed by atoms with Gasteiger partial charge in [-0.05, 0) is 19.7 Å². The minimum atomic E-state index is 0.956. The van der Waals surface area contributed by atoms with Crippen molar-refractivity contribution in [3.63, 3.8) is 0 Å². The summed E-state index contributed by atoms with van der Waals surface area (Å²) in [4.78, 5) is 7.38. The van der Waals surface area contributed by atoms with Crippen LogP contribution in [0.4, 0.5) is 0 Å². The molecule has 0 unspecified atom stereocenters. The van der Waals surface area contributed by atoms with Gasteiger partial charge in [-0.3, -0.25) is 9.98 Å². The van der Waals surface area contributed by atoms with Crippen LogP contribution in [-0.2, 0) is 0 Å². The van der Waals surface area contributed by atoms with Gasteiger partial charge in [-0.15, -0.1) is 0 Å². The van der Waals surface area contributed by atoms with Crippen LogP contribution in [-0.4, -0.2) is 19.5 Å². The van der Waals surface area contributed by atoms with Crippen LogP contribution in [0.25, 0.3) is 0 Å². The largest absolute Gasteiger partial charge is 0.293 e. The van der Waals surface area contributed by atoms with E-state index in [1.807, 2.05) is 6.92 Å². The molecule has 0 saturated heterocycles. The van der Waals surface area contributed by atoms with Crippen LogP contribution in [0.15, 0.2) is 22.3 Å². The van der Waals surface area contributed by atoms with Crippen molar-refractivity contribution in [1.82, 2.24) is 0 Å². The molecule has 0 aliphatic heterocycles. The van der Waals surface area contributed by atoms with E-state index in [-0.39, 0.29) is 0 Å². The Kier molecular flexibility index (Phi) is 3.76. The molecule has 0 aromatic rings. The van der Waals surface area contributed by atoms with Crippen LogP contribution in [0.5, 0.6) is 0 Å². The summed E-state index contributed by atoms with van der Waals surface area (Å²) in [5.41, 5.74) is 0.956. The van der Waals surface area contributed by atoms with Gasteiger partial charge < -0.3 is 0 Å². The Morgan fingerprint density at radius 1 is 1.62 bits per heavy atom. The highest BCUT2D eigenvalue weighted by Crippen LogP contribution is 1.77. The van der Waals surface area contributed by atoms with Gasteiger partial charge in [-0.2, -0.15) is 0 Å². The number of hydrogen-bond acceptors (Lipinski definition) is 2. The quantitative estimate of drug-likeness (QED) is 0.478. The van der Waals surface area contributed by atoms with Crippen LogP contribution in [0.3, 0.4) is 0 Å². The van der Waals surface area contributed by atoms with Crippen molar-refractivity contribution >= 4 is 12.4 Å². The van der Waals surface area contributed by atoms with E-state index in [4.69, 9.17) is 0 Å². The normalized spacial score (nSPS) is 12.5. The molecule has 44 valence electrons. The summed E-state index contributed by atoms with van der Waals surface area (Å²) in [5, 5.41) is 0. The minimum Gasteiger partial charge on any atom is -0.293 e. The SMILES string of the molecule is C=NC=CC(C)=NC. The molecule has 0 radical (unpaired) electrons. The smallest absolute Gasteiger partial charge is 0.0329 e. The minimum absolute atomic E-state index is 0.956. The van der Waals surface area contributed by atoms with Crippen molar-refractivity contribution in [2.75, 3.05) is 7.05 Å². The van der Waals surface area contributed by atoms with Crippen LogP contribution in [0.1, 0.15) is 6.92 Å². The van der Waals surface area contributed by atoms with Crippen LogP contribution in [0, 0.1) is 0 Å². The molecule has 0 N–H and O–H groups in total. The number of aliphatic imine (C=N–C) groups is 2. The van der Waals surface area contributed by atoms with Crippen LogP contribution >= 0.6 is 0 Å². The zero-order valence-electron chi connectivity index (χ0n) is 5.26. The Balaban J connectivity index is 3.69. The van der Waals surface area contributed by atoms with Gasteiger partial charge in [0.1, 0.15) is 0 Å². The van der Waals surface area contributed by atoms with E-state index >= 15 is 0 Å². The van der Waals surface area contributed by atoms with Gasteiger partial charge in [0.25, 0.3) is 0 Å². The van der Waals surface area contributed by atoms with E-state index in [0.29, 0.717) is 0 Å².